The van der Waals surface area contributed by atoms with Gasteiger partial charge in [-0.2, -0.15) is 0 Å². The van der Waals surface area contributed by atoms with Crippen LogP contribution in [0.2, 0.25) is 0 Å². The van der Waals surface area contributed by atoms with Crippen LogP contribution in [-0.2, 0) is 13.1 Å². The van der Waals surface area contributed by atoms with Crippen LogP contribution in [0.25, 0.3) is 11.0 Å². The van der Waals surface area contributed by atoms with Crippen molar-refractivity contribution in [2.45, 2.75) is 25.9 Å². The molecule has 150 valence electrons. The third kappa shape index (κ3) is 4.36. The molecule has 2 N–H and O–H groups in total. The van der Waals surface area contributed by atoms with Crippen molar-refractivity contribution in [3.63, 3.8) is 0 Å². The standard InChI is InChI=1S/C24H25N3O.BrH/c1-18-11-13-19(14-12-18)15-26-22-9-5-6-10-23(22)27(24(26)25)16-21(17-28)20-7-3-2-4-8-20;/h2-14,21,25,28H,15-17H2,1H3;1H. The predicted molar refractivity (Wildman–Crippen MR) is 123 cm³/mol. The molecule has 0 spiro atoms. The number of aromatic nitrogens is 2. The Morgan fingerprint density at radius 1 is 0.828 bits per heavy atom. The van der Waals surface area contributed by atoms with Crippen LogP contribution >= 0.6 is 17.0 Å². The lowest BCUT2D eigenvalue weighted by atomic mass is 10.00. The largest absolute Gasteiger partial charge is 0.396 e. The van der Waals surface area contributed by atoms with Gasteiger partial charge in [0.1, 0.15) is 0 Å². The van der Waals surface area contributed by atoms with Gasteiger partial charge in [0.25, 0.3) is 0 Å². The predicted octanol–water partition coefficient (Wildman–Crippen LogP) is 4.63. The number of hydrogen-bond donors (Lipinski definition) is 2. The van der Waals surface area contributed by atoms with E-state index in [-0.39, 0.29) is 29.5 Å². The molecule has 4 rings (SSSR count). The number of para-hydroxylation sites is 2. The lowest BCUT2D eigenvalue weighted by Gasteiger charge is -2.16. The highest BCUT2D eigenvalue weighted by molar-refractivity contribution is 8.93. The van der Waals surface area contributed by atoms with E-state index in [4.69, 9.17) is 5.41 Å². The molecule has 0 saturated heterocycles. The lowest BCUT2D eigenvalue weighted by molar-refractivity contribution is 0.252. The van der Waals surface area contributed by atoms with Gasteiger partial charge >= 0.3 is 0 Å². The highest BCUT2D eigenvalue weighted by Gasteiger charge is 2.16. The maximum atomic E-state index is 9.99. The van der Waals surface area contributed by atoms with Gasteiger partial charge in [-0.1, -0.05) is 72.3 Å². The number of rotatable bonds is 6. The van der Waals surface area contributed by atoms with Gasteiger partial charge in [0, 0.05) is 12.5 Å². The molecular weight excluding hydrogens is 426 g/mol. The van der Waals surface area contributed by atoms with Gasteiger partial charge in [-0.25, -0.2) is 0 Å². The molecule has 3 aromatic carbocycles. The molecule has 0 aliphatic carbocycles. The summed E-state index contributed by atoms with van der Waals surface area (Å²) in [6.07, 6.45) is 0. The van der Waals surface area contributed by atoms with Crippen LogP contribution in [0.4, 0.5) is 0 Å². The highest BCUT2D eigenvalue weighted by atomic mass is 79.9. The van der Waals surface area contributed by atoms with Crippen molar-refractivity contribution in [3.05, 3.63) is 101 Å². The van der Waals surface area contributed by atoms with Gasteiger partial charge in [-0.3, -0.25) is 5.41 Å². The number of halogens is 1. The van der Waals surface area contributed by atoms with E-state index < -0.39 is 0 Å². The van der Waals surface area contributed by atoms with E-state index in [0.717, 1.165) is 16.6 Å². The minimum atomic E-state index is -0.0473. The van der Waals surface area contributed by atoms with E-state index in [1.807, 2.05) is 51.6 Å². The average molecular weight is 452 g/mol. The van der Waals surface area contributed by atoms with Gasteiger partial charge in [-0.15, -0.1) is 17.0 Å². The fourth-order valence-corrected chi connectivity index (χ4v) is 3.73. The first-order chi connectivity index (χ1) is 13.7. The summed E-state index contributed by atoms with van der Waals surface area (Å²) in [6, 6.07) is 26.6. The summed E-state index contributed by atoms with van der Waals surface area (Å²) in [5, 5.41) is 18.8. The molecule has 0 amide bonds. The van der Waals surface area contributed by atoms with Crippen LogP contribution in [0.1, 0.15) is 22.6 Å². The third-order valence-corrected chi connectivity index (χ3v) is 5.33. The Hall–Kier alpha value is -2.63. The Bertz CT molecular complexity index is 1130. The molecule has 29 heavy (non-hydrogen) atoms. The number of fused-ring (bicyclic) bond motifs is 1. The monoisotopic (exact) mass is 451 g/mol. The van der Waals surface area contributed by atoms with E-state index in [1.165, 1.54) is 11.1 Å². The second kappa shape index (κ2) is 9.25. The molecule has 0 fully saturated rings. The number of hydrogen-bond acceptors (Lipinski definition) is 2. The second-order valence-electron chi connectivity index (χ2n) is 7.28. The summed E-state index contributed by atoms with van der Waals surface area (Å²) >= 11 is 0. The number of benzene rings is 3. The first kappa shape index (κ1) is 21.1. The van der Waals surface area contributed by atoms with Crippen molar-refractivity contribution in [3.8, 4) is 0 Å². The maximum absolute atomic E-state index is 9.99. The lowest BCUT2D eigenvalue weighted by Crippen LogP contribution is -2.28. The molecular formula is C24H26BrN3O. The molecule has 1 heterocycles. The smallest absolute Gasteiger partial charge is 0.203 e. The third-order valence-electron chi connectivity index (χ3n) is 5.33. The zero-order valence-electron chi connectivity index (χ0n) is 16.5. The summed E-state index contributed by atoms with van der Waals surface area (Å²) in [5.74, 6) is -0.0473. The summed E-state index contributed by atoms with van der Waals surface area (Å²) < 4.78 is 4.05. The number of aliphatic hydroxyl groups excluding tert-OH is 1. The number of aliphatic hydroxyl groups is 1. The fraction of sp³-hybridized carbons (Fsp3) is 0.208. The molecule has 5 heteroatoms. The van der Waals surface area contributed by atoms with Crippen LogP contribution in [0.5, 0.6) is 0 Å². The Morgan fingerprint density at radius 2 is 1.41 bits per heavy atom. The highest BCUT2D eigenvalue weighted by Crippen LogP contribution is 2.21. The molecule has 4 aromatic rings. The quantitative estimate of drug-likeness (QED) is 0.440. The van der Waals surface area contributed by atoms with Crippen molar-refractivity contribution in [1.82, 2.24) is 9.13 Å². The Labute approximate surface area is 181 Å². The summed E-state index contributed by atoms with van der Waals surface area (Å²) in [6.45, 7) is 3.35. The minimum absolute atomic E-state index is 0. The molecule has 0 aliphatic heterocycles. The second-order valence-corrected chi connectivity index (χ2v) is 7.28. The number of nitrogens with zero attached hydrogens (tertiary/aromatic N) is 2. The minimum Gasteiger partial charge on any atom is -0.396 e. The first-order valence-corrected chi connectivity index (χ1v) is 9.61. The normalized spacial score (nSPS) is 11.9. The molecule has 1 atom stereocenters. The van der Waals surface area contributed by atoms with Crippen molar-refractivity contribution in [2.75, 3.05) is 6.61 Å². The Kier molecular flexibility index (Phi) is 6.72. The van der Waals surface area contributed by atoms with E-state index in [9.17, 15) is 5.11 Å². The average Bonchev–Trinajstić information content (AvgIpc) is 2.99. The van der Waals surface area contributed by atoms with Gasteiger partial charge in [0.05, 0.1) is 24.2 Å². The van der Waals surface area contributed by atoms with Crippen molar-refractivity contribution in [2.24, 2.45) is 0 Å². The number of aryl methyl sites for hydroxylation is 1. The number of nitrogens with one attached hydrogen (secondary N) is 1. The number of imidazole rings is 1. The molecule has 1 aromatic heterocycles. The molecule has 0 radical (unpaired) electrons. The van der Waals surface area contributed by atoms with Gasteiger partial charge in [-0.05, 0) is 30.2 Å². The van der Waals surface area contributed by atoms with Crippen LogP contribution in [-0.4, -0.2) is 20.8 Å². The Balaban J connectivity index is 0.00000240. The molecule has 0 bridgehead atoms. The van der Waals surface area contributed by atoms with E-state index in [0.29, 0.717) is 18.7 Å². The topological polar surface area (TPSA) is 53.9 Å². The summed E-state index contributed by atoms with van der Waals surface area (Å²) in [4.78, 5) is 0. The SMILES string of the molecule is Br.Cc1ccc(Cn2c(=N)n(CC(CO)c3ccccc3)c3ccccc32)cc1. The molecule has 1 unspecified atom stereocenters. The molecule has 0 saturated carbocycles. The summed E-state index contributed by atoms with van der Waals surface area (Å²) in [5.41, 5.74) is 6.01. The van der Waals surface area contributed by atoms with E-state index in [1.54, 1.807) is 0 Å². The van der Waals surface area contributed by atoms with E-state index in [2.05, 4.69) is 43.3 Å². The van der Waals surface area contributed by atoms with Crippen molar-refractivity contribution in [1.29, 1.82) is 5.41 Å². The summed E-state index contributed by atoms with van der Waals surface area (Å²) in [7, 11) is 0. The fourth-order valence-electron chi connectivity index (χ4n) is 3.73. The van der Waals surface area contributed by atoms with Crippen LogP contribution < -0.4 is 5.62 Å². The van der Waals surface area contributed by atoms with Crippen molar-refractivity contribution >= 4 is 28.0 Å². The molecule has 4 nitrogen and oxygen atoms in total. The Morgan fingerprint density at radius 3 is 2.03 bits per heavy atom. The van der Waals surface area contributed by atoms with Crippen LogP contribution in [0.15, 0.2) is 78.9 Å². The van der Waals surface area contributed by atoms with Gasteiger partial charge < -0.3 is 14.2 Å². The zero-order valence-corrected chi connectivity index (χ0v) is 18.2. The van der Waals surface area contributed by atoms with Gasteiger partial charge in [0.2, 0.25) is 5.62 Å². The molecule has 0 aliphatic rings. The van der Waals surface area contributed by atoms with E-state index >= 15 is 0 Å². The zero-order chi connectivity index (χ0) is 19.5. The van der Waals surface area contributed by atoms with Crippen LogP contribution in [0, 0.1) is 12.3 Å². The van der Waals surface area contributed by atoms with Crippen LogP contribution in [0.3, 0.4) is 0 Å². The maximum Gasteiger partial charge on any atom is 0.203 e. The first-order valence-electron chi connectivity index (χ1n) is 9.61. The van der Waals surface area contributed by atoms with Crippen molar-refractivity contribution < 1.29 is 5.11 Å². The van der Waals surface area contributed by atoms with Gasteiger partial charge in [0.15, 0.2) is 0 Å².